The van der Waals surface area contributed by atoms with Gasteiger partial charge in [0, 0.05) is 32.5 Å². The van der Waals surface area contributed by atoms with Crippen LogP contribution >= 0.6 is 15.9 Å². The van der Waals surface area contributed by atoms with E-state index in [-0.39, 0.29) is 5.82 Å². The number of fused-ring (bicyclic) bond motifs is 3. The SMILES string of the molecule is Fc1ccc2[nH]c3c(-c4cccc(Br)c4)nccc3c2c1. The quantitative estimate of drug-likeness (QED) is 0.501. The van der Waals surface area contributed by atoms with Gasteiger partial charge in [-0.1, -0.05) is 28.1 Å². The minimum absolute atomic E-state index is 0.232. The molecule has 1 N–H and O–H groups in total. The molecule has 2 aromatic heterocycles. The fourth-order valence-electron chi connectivity index (χ4n) is 2.65. The van der Waals surface area contributed by atoms with Crippen molar-refractivity contribution >= 4 is 37.7 Å². The Hall–Kier alpha value is -2.20. The highest BCUT2D eigenvalue weighted by atomic mass is 79.9. The molecule has 0 atom stereocenters. The molecule has 0 fully saturated rings. The highest BCUT2D eigenvalue weighted by Crippen LogP contribution is 2.32. The van der Waals surface area contributed by atoms with Crippen LogP contribution in [0.25, 0.3) is 33.1 Å². The monoisotopic (exact) mass is 340 g/mol. The molecule has 4 heteroatoms. The van der Waals surface area contributed by atoms with Crippen molar-refractivity contribution in [3.63, 3.8) is 0 Å². The van der Waals surface area contributed by atoms with Crippen LogP contribution in [0.4, 0.5) is 4.39 Å². The normalized spacial score (nSPS) is 11.3. The lowest BCUT2D eigenvalue weighted by molar-refractivity contribution is 0.630. The molecule has 4 aromatic rings. The fraction of sp³-hybridized carbons (Fsp3) is 0. The highest BCUT2D eigenvalue weighted by Gasteiger charge is 2.11. The third-order valence-corrected chi connectivity index (χ3v) is 4.07. The lowest BCUT2D eigenvalue weighted by Crippen LogP contribution is -1.85. The first-order chi connectivity index (χ1) is 10.2. The molecule has 2 heterocycles. The number of benzene rings is 2. The number of aromatic nitrogens is 2. The van der Waals surface area contributed by atoms with Gasteiger partial charge in [-0.15, -0.1) is 0 Å². The largest absolute Gasteiger partial charge is 0.353 e. The zero-order valence-corrected chi connectivity index (χ0v) is 12.5. The van der Waals surface area contributed by atoms with Crippen LogP contribution in [0, 0.1) is 5.82 Å². The van der Waals surface area contributed by atoms with Gasteiger partial charge in [0.15, 0.2) is 0 Å². The molecule has 2 nitrogen and oxygen atoms in total. The van der Waals surface area contributed by atoms with Gasteiger partial charge in [-0.3, -0.25) is 4.98 Å². The summed E-state index contributed by atoms with van der Waals surface area (Å²) in [6.07, 6.45) is 1.76. The van der Waals surface area contributed by atoms with Crippen LogP contribution in [-0.2, 0) is 0 Å². The van der Waals surface area contributed by atoms with Crippen molar-refractivity contribution in [1.82, 2.24) is 9.97 Å². The Kier molecular flexibility index (Phi) is 2.79. The number of rotatable bonds is 1. The fourth-order valence-corrected chi connectivity index (χ4v) is 3.05. The van der Waals surface area contributed by atoms with E-state index in [4.69, 9.17) is 0 Å². The smallest absolute Gasteiger partial charge is 0.123 e. The molecule has 0 aliphatic rings. The molecular formula is C17H10BrFN2. The molecule has 102 valence electrons. The summed E-state index contributed by atoms with van der Waals surface area (Å²) in [6, 6.07) is 14.7. The molecular weight excluding hydrogens is 331 g/mol. The number of hydrogen-bond acceptors (Lipinski definition) is 1. The van der Waals surface area contributed by atoms with E-state index in [1.54, 1.807) is 18.3 Å². The number of aromatic amines is 1. The second-order valence-electron chi connectivity index (χ2n) is 4.91. The lowest BCUT2D eigenvalue weighted by atomic mass is 10.1. The van der Waals surface area contributed by atoms with Crippen LogP contribution in [0.2, 0.25) is 0 Å². The number of pyridine rings is 1. The Labute approximate surface area is 128 Å². The van der Waals surface area contributed by atoms with Gasteiger partial charge in [0.2, 0.25) is 0 Å². The molecule has 0 saturated heterocycles. The van der Waals surface area contributed by atoms with Gasteiger partial charge in [-0.2, -0.15) is 0 Å². The first kappa shape index (κ1) is 12.5. The minimum atomic E-state index is -0.232. The van der Waals surface area contributed by atoms with E-state index in [1.165, 1.54) is 6.07 Å². The molecule has 0 unspecified atom stereocenters. The van der Waals surface area contributed by atoms with Gasteiger partial charge in [-0.05, 0) is 36.4 Å². The maximum atomic E-state index is 13.5. The van der Waals surface area contributed by atoms with Crippen molar-refractivity contribution in [3.05, 3.63) is 65.0 Å². The Bertz CT molecular complexity index is 975. The summed E-state index contributed by atoms with van der Waals surface area (Å²) in [5.41, 5.74) is 3.72. The van der Waals surface area contributed by atoms with Crippen molar-refractivity contribution in [2.24, 2.45) is 0 Å². The van der Waals surface area contributed by atoms with E-state index in [0.29, 0.717) is 0 Å². The number of halogens is 2. The molecule has 0 saturated carbocycles. The Morgan fingerprint density at radius 3 is 2.76 bits per heavy atom. The minimum Gasteiger partial charge on any atom is -0.353 e. The predicted molar refractivity (Wildman–Crippen MR) is 86.7 cm³/mol. The molecule has 21 heavy (non-hydrogen) atoms. The molecule has 0 amide bonds. The number of nitrogens with zero attached hydrogens (tertiary/aromatic N) is 1. The topological polar surface area (TPSA) is 28.7 Å². The number of hydrogen-bond donors (Lipinski definition) is 1. The van der Waals surface area contributed by atoms with Crippen LogP contribution in [0.3, 0.4) is 0 Å². The van der Waals surface area contributed by atoms with Crippen LogP contribution in [-0.4, -0.2) is 9.97 Å². The molecule has 0 spiro atoms. The van der Waals surface area contributed by atoms with Crippen LogP contribution in [0.15, 0.2) is 59.2 Å². The van der Waals surface area contributed by atoms with Gasteiger partial charge in [0.05, 0.1) is 11.2 Å². The second-order valence-corrected chi connectivity index (χ2v) is 5.82. The first-order valence-electron chi connectivity index (χ1n) is 6.54. The summed E-state index contributed by atoms with van der Waals surface area (Å²) in [7, 11) is 0. The molecule has 0 bridgehead atoms. The average Bonchev–Trinajstić information content (AvgIpc) is 2.85. The van der Waals surface area contributed by atoms with E-state index in [2.05, 4.69) is 25.9 Å². The van der Waals surface area contributed by atoms with Crippen molar-refractivity contribution in [2.45, 2.75) is 0 Å². The van der Waals surface area contributed by atoms with Crippen molar-refractivity contribution in [2.75, 3.05) is 0 Å². The van der Waals surface area contributed by atoms with Crippen LogP contribution < -0.4 is 0 Å². The van der Waals surface area contributed by atoms with Crippen LogP contribution in [0.1, 0.15) is 0 Å². The summed E-state index contributed by atoms with van der Waals surface area (Å²) in [6.45, 7) is 0. The summed E-state index contributed by atoms with van der Waals surface area (Å²) in [5, 5.41) is 1.86. The molecule has 0 aliphatic carbocycles. The zero-order valence-electron chi connectivity index (χ0n) is 10.9. The molecule has 0 radical (unpaired) electrons. The van der Waals surface area contributed by atoms with Crippen molar-refractivity contribution < 1.29 is 4.39 Å². The second kappa shape index (κ2) is 4.67. The van der Waals surface area contributed by atoms with E-state index < -0.39 is 0 Å². The van der Waals surface area contributed by atoms with Gasteiger partial charge in [0.1, 0.15) is 5.82 Å². The van der Waals surface area contributed by atoms with E-state index in [0.717, 1.165) is 37.5 Å². The summed E-state index contributed by atoms with van der Waals surface area (Å²) >= 11 is 3.48. The highest BCUT2D eigenvalue weighted by molar-refractivity contribution is 9.10. The van der Waals surface area contributed by atoms with Gasteiger partial charge < -0.3 is 4.98 Å². The zero-order chi connectivity index (χ0) is 14.4. The van der Waals surface area contributed by atoms with Gasteiger partial charge in [-0.25, -0.2) is 4.39 Å². The van der Waals surface area contributed by atoms with Gasteiger partial charge >= 0.3 is 0 Å². The lowest BCUT2D eigenvalue weighted by Gasteiger charge is -2.03. The van der Waals surface area contributed by atoms with Crippen molar-refractivity contribution in [1.29, 1.82) is 0 Å². The summed E-state index contributed by atoms with van der Waals surface area (Å²) < 4.78 is 14.5. The first-order valence-corrected chi connectivity index (χ1v) is 7.33. The maximum Gasteiger partial charge on any atom is 0.123 e. The Morgan fingerprint density at radius 2 is 1.90 bits per heavy atom. The molecule has 2 aromatic carbocycles. The molecule has 0 aliphatic heterocycles. The third kappa shape index (κ3) is 2.03. The Morgan fingerprint density at radius 1 is 1.00 bits per heavy atom. The number of H-pyrrole nitrogens is 1. The predicted octanol–water partition coefficient (Wildman–Crippen LogP) is 5.28. The van der Waals surface area contributed by atoms with Crippen molar-refractivity contribution in [3.8, 4) is 11.3 Å². The van der Waals surface area contributed by atoms with E-state index >= 15 is 0 Å². The average molecular weight is 341 g/mol. The maximum absolute atomic E-state index is 13.5. The van der Waals surface area contributed by atoms with Crippen LogP contribution in [0.5, 0.6) is 0 Å². The van der Waals surface area contributed by atoms with Gasteiger partial charge in [0.25, 0.3) is 0 Å². The summed E-state index contributed by atoms with van der Waals surface area (Å²) in [4.78, 5) is 7.84. The van der Waals surface area contributed by atoms with E-state index in [9.17, 15) is 4.39 Å². The number of nitrogens with one attached hydrogen (secondary N) is 1. The Balaban J connectivity index is 2.09. The summed E-state index contributed by atoms with van der Waals surface area (Å²) in [5.74, 6) is -0.232. The van der Waals surface area contributed by atoms with E-state index in [1.807, 2.05) is 30.3 Å². The third-order valence-electron chi connectivity index (χ3n) is 3.58. The molecule has 4 rings (SSSR count). The standard InChI is InChI=1S/C17H10BrFN2/c18-11-3-1-2-10(8-11)16-17-13(6-7-20-16)14-9-12(19)4-5-15(14)21-17/h1-9,21H.